The number of hydrogen-bond donors (Lipinski definition) is 0. The Bertz CT molecular complexity index is 535. The molecule has 0 amide bonds. The van der Waals surface area contributed by atoms with Crippen LogP contribution in [0, 0.1) is 5.92 Å². The number of aryl methyl sites for hydroxylation is 1. The second-order valence-corrected chi connectivity index (χ2v) is 7.34. The lowest BCUT2D eigenvalue weighted by Crippen LogP contribution is -2.12. The first-order valence-corrected chi connectivity index (χ1v) is 8.06. The van der Waals surface area contributed by atoms with Crippen LogP contribution in [0.25, 0.3) is 0 Å². The molecule has 0 aliphatic heterocycles. The molecule has 1 aromatic rings. The number of hydrogen-bond acceptors (Lipinski definition) is 4. The van der Waals surface area contributed by atoms with Gasteiger partial charge in [-0.15, -0.1) is 0 Å². The van der Waals surface area contributed by atoms with Gasteiger partial charge in [0, 0.05) is 6.26 Å². The Kier molecular flexibility index (Phi) is 4.92. The first-order chi connectivity index (χ1) is 8.24. The van der Waals surface area contributed by atoms with E-state index in [-0.39, 0.29) is 17.5 Å². The molecule has 1 heterocycles. The lowest BCUT2D eigenvalue weighted by atomic mass is 10.1. The summed E-state index contributed by atoms with van der Waals surface area (Å²) >= 11 is 6.02. The van der Waals surface area contributed by atoms with Crippen LogP contribution in [-0.4, -0.2) is 36.5 Å². The van der Waals surface area contributed by atoms with E-state index in [0.29, 0.717) is 29.9 Å². The average Bonchev–Trinajstić information content (AvgIpc) is 2.50. The summed E-state index contributed by atoms with van der Waals surface area (Å²) in [4.78, 5) is 11.0. The van der Waals surface area contributed by atoms with Gasteiger partial charge < -0.3 is 0 Å². The van der Waals surface area contributed by atoms with Crippen molar-refractivity contribution in [1.82, 2.24) is 9.78 Å². The number of aldehydes is 1. The zero-order chi connectivity index (χ0) is 13.9. The third-order valence-corrected chi connectivity index (χ3v) is 3.72. The van der Waals surface area contributed by atoms with Crippen LogP contribution in [0.4, 0.5) is 0 Å². The molecular formula is C11H17ClN2O3S. The largest absolute Gasteiger partial charge is 0.298 e. The molecular weight excluding hydrogens is 276 g/mol. The smallest absolute Gasteiger partial charge is 0.155 e. The monoisotopic (exact) mass is 292 g/mol. The lowest BCUT2D eigenvalue weighted by Gasteiger charge is -2.02. The van der Waals surface area contributed by atoms with Crippen molar-refractivity contribution in [2.45, 2.75) is 26.8 Å². The highest BCUT2D eigenvalue weighted by Gasteiger charge is 2.17. The Morgan fingerprint density at radius 3 is 2.50 bits per heavy atom. The van der Waals surface area contributed by atoms with E-state index in [1.54, 1.807) is 0 Å². The average molecular weight is 293 g/mol. The maximum Gasteiger partial charge on any atom is 0.155 e. The van der Waals surface area contributed by atoms with Gasteiger partial charge in [0.1, 0.15) is 15.0 Å². The van der Waals surface area contributed by atoms with E-state index >= 15 is 0 Å². The minimum absolute atomic E-state index is 0.0478. The molecule has 0 saturated carbocycles. The number of carbonyl (C=O) groups is 1. The molecule has 0 radical (unpaired) electrons. The fourth-order valence-corrected chi connectivity index (χ4v) is 2.34. The Morgan fingerprint density at radius 2 is 2.06 bits per heavy atom. The Hall–Kier alpha value is -0.880. The summed E-state index contributed by atoms with van der Waals surface area (Å²) in [6, 6.07) is 0. The molecule has 0 aliphatic carbocycles. The van der Waals surface area contributed by atoms with Crippen molar-refractivity contribution in [1.29, 1.82) is 0 Å². The van der Waals surface area contributed by atoms with Crippen LogP contribution in [-0.2, 0) is 22.8 Å². The van der Waals surface area contributed by atoms with Gasteiger partial charge in [0.15, 0.2) is 6.29 Å². The van der Waals surface area contributed by atoms with E-state index < -0.39 is 9.84 Å². The molecule has 18 heavy (non-hydrogen) atoms. The summed E-state index contributed by atoms with van der Waals surface area (Å²) in [7, 11) is -3.08. The third-order valence-electron chi connectivity index (χ3n) is 2.39. The number of nitrogens with zero attached hydrogens (tertiary/aromatic N) is 2. The molecule has 102 valence electrons. The first-order valence-electron chi connectivity index (χ1n) is 5.62. The lowest BCUT2D eigenvalue weighted by molar-refractivity contribution is 0.112. The summed E-state index contributed by atoms with van der Waals surface area (Å²) in [5.74, 6) is 0.298. The molecule has 0 bridgehead atoms. The van der Waals surface area contributed by atoms with Crippen molar-refractivity contribution < 1.29 is 13.2 Å². The molecule has 0 spiro atoms. The van der Waals surface area contributed by atoms with Gasteiger partial charge >= 0.3 is 0 Å². The number of carbonyl (C=O) groups excluding carboxylic acids is 1. The molecule has 0 unspecified atom stereocenters. The molecule has 0 aliphatic rings. The number of halogens is 1. The van der Waals surface area contributed by atoms with Gasteiger partial charge in [-0.2, -0.15) is 5.10 Å². The second kappa shape index (κ2) is 5.84. The van der Waals surface area contributed by atoms with Gasteiger partial charge in [0.25, 0.3) is 0 Å². The van der Waals surface area contributed by atoms with Crippen LogP contribution in [0.1, 0.15) is 29.9 Å². The highest BCUT2D eigenvalue weighted by molar-refractivity contribution is 7.90. The Labute approximate surface area is 112 Å². The van der Waals surface area contributed by atoms with Crippen molar-refractivity contribution in [3.63, 3.8) is 0 Å². The normalized spacial score (nSPS) is 12.1. The van der Waals surface area contributed by atoms with Crippen LogP contribution in [0.2, 0.25) is 5.15 Å². The van der Waals surface area contributed by atoms with Crippen LogP contribution >= 0.6 is 11.6 Å². The molecule has 0 aromatic carbocycles. The van der Waals surface area contributed by atoms with E-state index in [2.05, 4.69) is 5.10 Å². The molecule has 0 saturated heterocycles. The predicted octanol–water partition coefficient (Wildman–Crippen LogP) is 1.59. The topological polar surface area (TPSA) is 69.0 Å². The predicted molar refractivity (Wildman–Crippen MR) is 70.9 cm³/mol. The van der Waals surface area contributed by atoms with Gasteiger partial charge in [0.05, 0.1) is 23.6 Å². The maximum atomic E-state index is 11.1. The SMILES string of the molecule is CC(C)Cc1nn(CCS(C)(=O)=O)c(Cl)c1C=O. The molecule has 5 nitrogen and oxygen atoms in total. The van der Waals surface area contributed by atoms with E-state index in [1.165, 1.54) is 4.68 Å². The second-order valence-electron chi connectivity index (χ2n) is 4.72. The van der Waals surface area contributed by atoms with E-state index in [4.69, 9.17) is 11.6 Å². The molecule has 7 heteroatoms. The van der Waals surface area contributed by atoms with E-state index in [1.807, 2.05) is 13.8 Å². The maximum absolute atomic E-state index is 11.1. The van der Waals surface area contributed by atoms with Crippen LogP contribution in [0.15, 0.2) is 0 Å². The third kappa shape index (κ3) is 4.10. The molecule has 0 fully saturated rings. The molecule has 1 aromatic heterocycles. The van der Waals surface area contributed by atoms with Gasteiger partial charge in [0.2, 0.25) is 0 Å². The van der Waals surface area contributed by atoms with Gasteiger partial charge in [-0.3, -0.25) is 9.48 Å². The summed E-state index contributed by atoms with van der Waals surface area (Å²) in [5.41, 5.74) is 0.984. The summed E-state index contributed by atoms with van der Waals surface area (Å²) in [6.07, 6.45) is 2.46. The van der Waals surface area contributed by atoms with Gasteiger partial charge in [-0.05, 0) is 12.3 Å². The van der Waals surface area contributed by atoms with Crippen LogP contribution in [0.5, 0.6) is 0 Å². The van der Waals surface area contributed by atoms with Crippen molar-refractivity contribution >= 4 is 27.7 Å². The van der Waals surface area contributed by atoms with Crippen molar-refractivity contribution in [3.8, 4) is 0 Å². The molecule has 1 rings (SSSR count). The van der Waals surface area contributed by atoms with Gasteiger partial charge in [-0.25, -0.2) is 8.42 Å². The summed E-state index contributed by atoms with van der Waals surface area (Å²) in [5, 5.41) is 4.43. The van der Waals surface area contributed by atoms with E-state index in [9.17, 15) is 13.2 Å². The zero-order valence-electron chi connectivity index (χ0n) is 10.7. The summed E-state index contributed by atoms with van der Waals surface area (Å²) < 4.78 is 23.6. The van der Waals surface area contributed by atoms with Gasteiger partial charge in [-0.1, -0.05) is 25.4 Å². The molecule has 0 atom stereocenters. The van der Waals surface area contributed by atoms with E-state index in [0.717, 1.165) is 6.26 Å². The van der Waals surface area contributed by atoms with Crippen molar-refractivity contribution in [3.05, 3.63) is 16.4 Å². The molecule has 0 N–H and O–H groups in total. The Morgan fingerprint density at radius 1 is 1.44 bits per heavy atom. The minimum Gasteiger partial charge on any atom is -0.298 e. The summed E-state index contributed by atoms with van der Waals surface area (Å²) in [6.45, 7) is 4.19. The highest BCUT2D eigenvalue weighted by Crippen LogP contribution is 2.20. The van der Waals surface area contributed by atoms with Crippen molar-refractivity contribution in [2.75, 3.05) is 12.0 Å². The standard InChI is InChI=1S/C11H17ClN2O3S/c1-8(2)6-10-9(7-15)11(12)14(13-10)4-5-18(3,16)17/h7-8H,4-6H2,1-3H3. The van der Waals surface area contributed by atoms with Crippen molar-refractivity contribution in [2.24, 2.45) is 5.92 Å². The number of aromatic nitrogens is 2. The fraction of sp³-hybridized carbons (Fsp3) is 0.636. The number of rotatable bonds is 6. The zero-order valence-corrected chi connectivity index (χ0v) is 12.3. The number of sulfone groups is 1. The first kappa shape index (κ1) is 15.2. The Balaban J connectivity index is 3.00. The van der Waals surface area contributed by atoms with Crippen LogP contribution in [0.3, 0.4) is 0 Å². The fourth-order valence-electron chi connectivity index (χ4n) is 1.56. The van der Waals surface area contributed by atoms with Crippen LogP contribution < -0.4 is 0 Å². The highest BCUT2D eigenvalue weighted by atomic mass is 35.5. The minimum atomic E-state index is -3.08. The quantitative estimate of drug-likeness (QED) is 0.747.